The lowest BCUT2D eigenvalue weighted by molar-refractivity contribution is 0.164. The van der Waals surface area contributed by atoms with Crippen molar-refractivity contribution in [2.75, 3.05) is 11.9 Å². The van der Waals surface area contributed by atoms with E-state index in [1.54, 1.807) is 18.5 Å². The number of nitrogens with zero attached hydrogens (tertiary/aromatic N) is 2. The topological polar surface area (TPSA) is 68.9 Å². The third kappa shape index (κ3) is 2.45. The van der Waals surface area contributed by atoms with Crippen LogP contribution >= 0.6 is 0 Å². The van der Waals surface area contributed by atoms with Crippen LogP contribution in [-0.4, -0.2) is 22.7 Å². The van der Waals surface area contributed by atoms with Crippen molar-refractivity contribution in [3.8, 4) is 6.07 Å². The molecule has 1 atom stereocenters. The van der Waals surface area contributed by atoms with E-state index in [0.29, 0.717) is 23.7 Å². The largest absolute Gasteiger partial charge is 0.391 e. The first kappa shape index (κ1) is 9.94. The Morgan fingerprint density at radius 1 is 1.67 bits per heavy atom. The molecule has 1 fully saturated rings. The van der Waals surface area contributed by atoms with Crippen LogP contribution in [0.1, 0.15) is 18.4 Å². The zero-order valence-corrected chi connectivity index (χ0v) is 8.35. The number of anilines is 1. The fraction of sp³-hybridized carbons (Fsp3) is 0.455. The summed E-state index contributed by atoms with van der Waals surface area (Å²) >= 11 is 0. The van der Waals surface area contributed by atoms with E-state index in [1.165, 1.54) is 0 Å². The Kier molecular flexibility index (Phi) is 2.84. The van der Waals surface area contributed by atoms with E-state index in [4.69, 9.17) is 5.26 Å². The van der Waals surface area contributed by atoms with Crippen LogP contribution in [0.15, 0.2) is 18.5 Å². The number of aliphatic hydroxyl groups is 1. The minimum absolute atomic E-state index is 0.309. The number of nitriles is 1. The Morgan fingerprint density at radius 3 is 3.13 bits per heavy atom. The molecule has 1 unspecified atom stereocenters. The molecular weight excluding hydrogens is 190 g/mol. The van der Waals surface area contributed by atoms with Crippen LogP contribution in [0.2, 0.25) is 0 Å². The van der Waals surface area contributed by atoms with Gasteiger partial charge in [0.25, 0.3) is 0 Å². The summed E-state index contributed by atoms with van der Waals surface area (Å²) < 4.78 is 0. The van der Waals surface area contributed by atoms with Crippen molar-refractivity contribution in [1.82, 2.24) is 4.98 Å². The van der Waals surface area contributed by atoms with E-state index in [2.05, 4.69) is 16.4 Å². The Hall–Kier alpha value is -1.60. The van der Waals surface area contributed by atoms with Crippen LogP contribution in [0.5, 0.6) is 0 Å². The maximum atomic E-state index is 9.65. The van der Waals surface area contributed by atoms with Gasteiger partial charge in [-0.05, 0) is 24.8 Å². The molecule has 0 aromatic carbocycles. The standard InChI is InChI=1S/C11H13N3O/c12-5-9-3-4-13-6-10(9)14-7-11(15)8-1-2-8/h3-4,6,8,11,14-15H,1-2,7H2. The highest BCUT2D eigenvalue weighted by atomic mass is 16.3. The van der Waals surface area contributed by atoms with Gasteiger partial charge >= 0.3 is 0 Å². The van der Waals surface area contributed by atoms with Gasteiger partial charge in [-0.3, -0.25) is 4.98 Å². The normalized spacial score (nSPS) is 16.8. The summed E-state index contributed by atoms with van der Waals surface area (Å²) in [4.78, 5) is 3.94. The highest BCUT2D eigenvalue weighted by Gasteiger charge is 2.29. The summed E-state index contributed by atoms with van der Waals surface area (Å²) in [6.45, 7) is 0.491. The molecule has 0 radical (unpaired) electrons. The Balaban J connectivity index is 1.95. The fourth-order valence-corrected chi connectivity index (χ4v) is 1.50. The zero-order chi connectivity index (χ0) is 10.7. The van der Waals surface area contributed by atoms with Gasteiger partial charge in [0.05, 0.1) is 23.6 Å². The van der Waals surface area contributed by atoms with Gasteiger partial charge in [0.15, 0.2) is 0 Å². The number of hydrogen-bond donors (Lipinski definition) is 2. The number of rotatable bonds is 4. The summed E-state index contributed by atoms with van der Waals surface area (Å²) in [5.74, 6) is 0.444. The summed E-state index contributed by atoms with van der Waals surface area (Å²) in [6, 6.07) is 3.74. The Morgan fingerprint density at radius 2 is 2.47 bits per heavy atom. The molecule has 4 heteroatoms. The second-order valence-corrected chi connectivity index (χ2v) is 3.82. The Labute approximate surface area is 88.6 Å². The maximum Gasteiger partial charge on any atom is 0.101 e. The van der Waals surface area contributed by atoms with Crippen LogP contribution in [0.4, 0.5) is 5.69 Å². The average Bonchev–Trinajstić information content (AvgIpc) is 3.10. The van der Waals surface area contributed by atoms with Crippen molar-refractivity contribution in [1.29, 1.82) is 5.26 Å². The van der Waals surface area contributed by atoms with Gasteiger partial charge in [-0.25, -0.2) is 0 Å². The predicted octanol–water partition coefficient (Wildman–Crippen LogP) is 1.14. The molecule has 4 nitrogen and oxygen atoms in total. The number of aromatic nitrogens is 1. The van der Waals surface area contributed by atoms with Gasteiger partial charge in [0.1, 0.15) is 6.07 Å². The average molecular weight is 203 g/mol. The number of hydrogen-bond acceptors (Lipinski definition) is 4. The molecule has 1 aromatic heterocycles. The molecule has 0 spiro atoms. The van der Waals surface area contributed by atoms with E-state index in [0.717, 1.165) is 12.8 Å². The van der Waals surface area contributed by atoms with Gasteiger partial charge in [0, 0.05) is 12.7 Å². The van der Waals surface area contributed by atoms with Gasteiger partial charge < -0.3 is 10.4 Å². The van der Waals surface area contributed by atoms with E-state index in [9.17, 15) is 5.11 Å². The summed E-state index contributed by atoms with van der Waals surface area (Å²) in [6.07, 6.45) is 5.11. The molecule has 15 heavy (non-hydrogen) atoms. The molecule has 0 bridgehead atoms. The molecule has 2 rings (SSSR count). The van der Waals surface area contributed by atoms with Crippen molar-refractivity contribution < 1.29 is 5.11 Å². The van der Waals surface area contributed by atoms with Gasteiger partial charge in [-0.15, -0.1) is 0 Å². The molecule has 1 saturated carbocycles. The van der Waals surface area contributed by atoms with Crippen molar-refractivity contribution in [2.24, 2.45) is 5.92 Å². The van der Waals surface area contributed by atoms with Crippen molar-refractivity contribution in [2.45, 2.75) is 18.9 Å². The maximum absolute atomic E-state index is 9.65. The van der Waals surface area contributed by atoms with Gasteiger partial charge in [-0.2, -0.15) is 5.26 Å². The number of nitrogens with one attached hydrogen (secondary N) is 1. The summed E-state index contributed by atoms with van der Waals surface area (Å²) in [7, 11) is 0. The Bertz CT molecular complexity index is 382. The van der Waals surface area contributed by atoms with Crippen molar-refractivity contribution in [3.63, 3.8) is 0 Å². The van der Waals surface area contributed by atoms with E-state index in [-0.39, 0.29) is 6.10 Å². The summed E-state index contributed by atoms with van der Waals surface area (Å²) in [5, 5.41) is 21.5. The quantitative estimate of drug-likeness (QED) is 0.769. The zero-order valence-electron chi connectivity index (χ0n) is 8.35. The number of pyridine rings is 1. The van der Waals surface area contributed by atoms with Gasteiger partial charge in [-0.1, -0.05) is 0 Å². The molecule has 1 heterocycles. The second-order valence-electron chi connectivity index (χ2n) is 3.82. The van der Waals surface area contributed by atoms with Crippen molar-refractivity contribution in [3.05, 3.63) is 24.0 Å². The molecule has 78 valence electrons. The van der Waals surface area contributed by atoms with Crippen LogP contribution < -0.4 is 5.32 Å². The van der Waals surface area contributed by atoms with E-state index >= 15 is 0 Å². The molecule has 0 saturated heterocycles. The summed E-state index contributed by atoms with van der Waals surface area (Å²) in [5.41, 5.74) is 1.26. The predicted molar refractivity (Wildman–Crippen MR) is 56.2 cm³/mol. The smallest absolute Gasteiger partial charge is 0.101 e. The molecule has 0 amide bonds. The minimum Gasteiger partial charge on any atom is -0.391 e. The van der Waals surface area contributed by atoms with Crippen LogP contribution in [0, 0.1) is 17.2 Å². The molecule has 1 aliphatic carbocycles. The SMILES string of the molecule is N#Cc1ccncc1NCC(O)C1CC1. The third-order valence-corrected chi connectivity index (χ3v) is 2.61. The molecular formula is C11H13N3O. The van der Waals surface area contributed by atoms with Gasteiger partial charge in [0.2, 0.25) is 0 Å². The molecule has 2 N–H and O–H groups in total. The first-order valence-corrected chi connectivity index (χ1v) is 5.07. The lowest BCUT2D eigenvalue weighted by atomic mass is 10.2. The number of aliphatic hydroxyl groups excluding tert-OH is 1. The van der Waals surface area contributed by atoms with Crippen LogP contribution in [-0.2, 0) is 0 Å². The first-order chi connectivity index (χ1) is 7.31. The minimum atomic E-state index is -0.309. The first-order valence-electron chi connectivity index (χ1n) is 5.07. The molecule has 1 aromatic rings. The highest BCUT2D eigenvalue weighted by molar-refractivity contribution is 5.55. The third-order valence-electron chi connectivity index (χ3n) is 2.61. The van der Waals surface area contributed by atoms with E-state index in [1.807, 2.05) is 0 Å². The van der Waals surface area contributed by atoms with Crippen LogP contribution in [0.3, 0.4) is 0 Å². The molecule has 0 aliphatic heterocycles. The lowest BCUT2D eigenvalue weighted by Crippen LogP contribution is -2.21. The van der Waals surface area contributed by atoms with Crippen LogP contribution in [0.25, 0.3) is 0 Å². The highest BCUT2D eigenvalue weighted by Crippen LogP contribution is 2.32. The van der Waals surface area contributed by atoms with E-state index < -0.39 is 0 Å². The fourth-order valence-electron chi connectivity index (χ4n) is 1.50. The second kappa shape index (κ2) is 4.28. The monoisotopic (exact) mass is 203 g/mol. The van der Waals surface area contributed by atoms with Crippen molar-refractivity contribution >= 4 is 5.69 Å². The molecule has 1 aliphatic rings. The lowest BCUT2D eigenvalue weighted by Gasteiger charge is -2.12.